The molecule has 0 fully saturated rings. The molecule has 16 N–H and O–H groups in total. The van der Waals surface area contributed by atoms with Crippen molar-refractivity contribution >= 4 is 71.6 Å². The number of hydrogen-bond acceptors (Lipinski definition) is 16. The van der Waals surface area contributed by atoms with E-state index in [4.69, 9.17) is 81.7 Å². The van der Waals surface area contributed by atoms with E-state index in [0.717, 1.165) is 0 Å². The number of aliphatic hydroxyl groups is 4. The summed E-state index contributed by atoms with van der Waals surface area (Å²) in [6.07, 6.45) is 0. The molecule has 0 aromatic rings. The van der Waals surface area contributed by atoms with E-state index < -0.39 is 103 Å². The maximum atomic E-state index is 9.60. The quantitative estimate of drug-likeness (QED) is 0.0823. The van der Waals surface area contributed by atoms with E-state index in [0.29, 0.717) is 0 Å². The summed E-state index contributed by atoms with van der Waals surface area (Å²) in [7, 11) is 0. The van der Waals surface area contributed by atoms with Gasteiger partial charge in [-0.15, -0.1) is 0 Å². The van der Waals surface area contributed by atoms with Crippen LogP contribution in [0.1, 0.15) is 83.1 Å². The van der Waals surface area contributed by atoms with Crippen molar-refractivity contribution < 1.29 is 139 Å². The lowest BCUT2D eigenvalue weighted by atomic mass is 9.93. The maximum Gasteiger partial charge on any atom is 0.330 e. The summed E-state index contributed by atoms with van der Waals surface area (Å²) in [5.74, 6) is -11.2. The largest absolute Gasteiger partial charge is 0.478 e. The first-order valence-corrected chi connectivity index (χ1v) is 21.1. The molecule has 0 bridgehead atoms. The van der Waals surface area contributed by atoms with Gasteiger partial charge in [0.2, 0.25) is 0 Å². The van der Waals surface area contributed by atoms with Gasteiger partial charge in [0.15, 0.2) is 0 Å². The highest BCUT2D eigenvalue weighted by Crippen LogP contribution is 2.11. The molecule has 28 nitrogen and oxygen atoms in total. The third-order valence-electron chi connectivity index (χ3n) is 5.72. The van der Waals surface area contributed by atoms with Gasteiger partial charge in [-0.05, 0) is 83.1 Å². The zero-order valence-corrected chi connectivity index (χ0v) is 47.9. The lowest BCUT2D eigenvalue weighted by molar-refractivity contribution is -0.133. The second-order valence-corrected chi connectivity index (χ2v) is 15.2. The van der Waals surface area contributed by atoms with Crippen LogP contribution in [0.15, 0.2) is 146 Å². The van der Waals surface area contributed by atoms with Gasteiger partial charge >= 0.3 is 71.6 Å². The fourth-order valence-electron chi connectivity index (χ4n) is 0.300. The summed E-state index contributed by atoms with van der Waals surface area (Å²) in [5.41, 5.74) is 1.00. The van der Waals surface area contributed by atoms with Crippen LogP contribution in [0, 0.1) is 5.41 Å². The summed E-state index contributed by atoms with van der Waals surface area (Å²) in [6, 6.07) is 0. The van der Waals surface area contributed by atoms with Crippen molar-refractivity contribution in [2.24, 2.45) is 5.41 Å². The third kappa shape index (κ3) is 130. The molecule has 0 aliphatic heterocycles. The Labute approximate surface area is 470 Å². The van der Waals surface area contributed by atoms with Crippen molar-refractivity contribution in [3.63, 3.8) is 0 Å². The summed E-state index contributed by atoms with van der Waals surface area (Å²) in [6.45, 7) is 53.6. The van der Waals surface area contributed by atoms with Crippen molar-refractivity contribution in [2.75, 3.05) is 26.4 Å². The number of rotatable bonds is 16. The fraction of sp³-hybridized carbons (Fsp3) is 0.321. The van der Waals surface area contributed by atoms with Crippen LogP contribution in [-0.4, -0.2) is 180 Å². The second kappa shape index (κ2) is 64.6. The number of aliphatic hydroxyl groups excluding tert-OH is 4. The molecule has 28 heteroatoms. The molecule has 0 aliphatic carbocycles. The molecule has 0 aromatic carbocycles. The standard InChI is InChI=1S/C5H12O4.12C4H6O2/c6-1-5(2-7,3-8)4-9;12*1-3(2)4(5)6/h6-9H,1-4H2;12*1H2,2H3,(H,5,6). The summed E-state index contributed by atoms with van der Waals surface area (Å²) < 4.78 is 0. The Morgan fingerprint density at radius 2 is 0.235 bits per heavy atom. The summed E-state index contributed by atoms with van der Waals surface area (Å²) >= 11 is 0. The number of carboxylic acid groups (broad SMARTS) is 12. The van der Waals surface area contributed by atoms with Gasteiger partial charge in [-0.2, -0.15) is 0 Å². The molecule has 0 spiro atoms. The molecule has 0 aliphatic rings. The van der Waals surface area contributed by atoms with Gasteiger partial charge in [0, 0.05) is 66.9 Å². The van der Waals surface area contributed by atoms with E-state index in [1.807, 2.05) is 0 Å². The molecule has 0 heterocycles. The number of aliphatic carboxylic acids is 12. The Morgan fingerprint density at radius 1 is 0.198 bits per heavy atom. The lowest BCUT2D eigenvalue weighted by Crippen LogP contribution is -2.37. The Morgan fingerprint density at radius 3 is 0.235 bits per heavy atom. The Hall–Kier alpha value is -9.64. The zero-order chi connectivity index (χ0) is 69.2. The van der Waals surface area contributed by atoms with Crippen LogP contribution in [0.4, 0.5) is 0 Å². The first-order valence-electron chi connectivity index (χ1n) is 21.1. The first kappa shape index (κ1) is 104. The smallest absolute Gasteiger partial charge is 0.330 e. The monoisotopic (exact) mass is 1170 g/mol. The maximum absolute atomic E-state index is 9.60. The van der Waals surface area contributed by atoms with E-state index in [1.54, 1.807) is 0 Å². The van der Waals surface area contributed by atoms with Gasteiger partial charge in [0.25, 0.3) is 0 Å². The molecule has 0 saturated heterocycles. The third-order valence-corrected chi connectivity index (χ3v) is 5.72. The average Bonchev–Trinajstić information content (AvgIpc) is 3.32. The van der Waals surface area contributed by atoms with Crippen molar-refractivity contribution in [3.05, 3.63) is 146 Å². The predicted molar refractivity (Wildman–Crippen MR) is 300 cm³/mol. The average molecular weight is 1170 g/mol. The highest BCUT2D eigenvalue weighted by Gasteiger charge is 2.26. The van der Waals surface area contributed by atoms with Crippen LogP contribution in [0.25, 0.3) is 0 Å². The number of carboxylic acids is 12. The number of hydrogen-bond donors (Lipinski definition) is 16. The van der Waals surface area contributed by atoms with E-state index in [9.17, 15) is 57.5 Å². The molecule has 0 rings (SSSR count). The Kier molecular flexibility index (Phi) is 82.8. The molecular formula is C53H84O28. The van der Waals surface area contributed by atoms with Crippen LogP contribution < -0.4 is 0 Å². The van der Waals surface area contributed by atoms with E-state index in [2.05, 4.69) is 78.9 Å². The minimum atomic E-state index is -1.11. The van der Waals surface area contributed by atoms with Crippen LogP contribution in [0.3, 0.4) is 0 Å². The Balaban J connectivity index is -0.0000000563. The predicted octanol–water partition coefficient (Wildman–Crippen LogP) is 5.71. The highest BCUT2D eigenvalue weighted by atomic mass is 16.4. The highest BCUT2D eigenvalue weighted by molar-refractivity contribution is 5.88. The first-order chi connectivity index (χ1) is 36.0. The zero-order valence-electron chi connectivity index (χ0n) is 47.9. The second-order valence-electron chi connectivity index (χ2n) is 15.2. The number of carbonyl (C=O) groups is 12. The van der Waals surface area contributed by atoms with Gasteiger partial charge in [0.05, 0.1) is 31.8 Å². The molecule has 0 atom stereocenters. The fourth-order valence-corrected chi connectivity index (χ4v) is 0.300. The van der Waals surface area contributed by atoms with Crippen molar-refractivity contribution in [3.8, 4) is 0 Å². The van der Waals surface area contributed by atoms with E-state index >= 15 is 0 Å². The van der Waals surface area contributed by atoms with Crippen molar-refractivity contribution in [1.82, 2.24) is 0 Å². The van der Waals surface area contributed by atoms with Crippen LogP contribution >= 0.6 is 0 Å². The van der Waals surface area contributed by atoms with E-state index in [1.165, 1.54) is 83.1 Å². The molecule has 464 valence electrons. The van der Waals surface area contributed by atoms with Crippen LogP contribution in [0.2, 0.25) is 0 Å². The molecule has 0 radical (unpaired) electrons. The molecule has 0 aromatic heterocycles. The topological polar surface area (TPSA) is 529 Å². The molecule has 0 saturated carbocycles. The summed E-state index contributed by atoms with van der Waals surface area (Å²) in [5, 5.41) is 129. The minimum Gasteiger partial charge on any atom is -0.478 e. The minimum absolute atomic E-state index is 0.176. The van der Waals surface area contributed by atoms with Gasteiger partial charge in [-0.25, -0.2) is 57.5 Å². The van der Waals surface area contributed by atoms with Gasteiger partial charge in [-0.3, -0.25) is 0 Å². The molecule has 0 unspecified atom stereocenters. The lowest BCUT2D eigenvalue weighted by Gasteiger charge is -2.23. The van der Waals surface area contributed by atoms with Crippen LogP contribution in [-0.2, 0) is 57.5 Å². The Bertz CT molecular complexity index is 1530. The molecular weight excluding hydrogens is 1080 g/mol. The SMILES string of the molecule is C=C(C)C(=O)O.C=C(C)C(=O)O.C=C(C)C(=O)O.C=C(C)C(=O)O.C=C(C)C(=O)O.C=C(C)C(=O)O.C=C(C)C(=O)O.C=C(C)C(=O)O.C=C(C)C(=O)O.C=C(C)C(=O)O.C=C(C)C(=O)O.C=C(C)C(=O)O.OCC(CO)(CO)CO. The van der Waals surface area contributed by atoms with E-state index in [-0.39, 0.29) is 66.9 Å². The molecule has 0 amide bonds. The normalized spacial score (nSPS) is 8.00. The summed E-state index contributed by atoms with van der Waals surface area (Å²) in [4.78, 5) is 115. The van der Waals surface area contributed by atoms with Crippen molar-refractivity contribution in [1.29, 1.82) is 0 Å². The van der Waals surface area contributed by atoms with Crippen LogP contribution in [0.5, 0.6) is 0 Å². The van der Waals surface area contributed by atoms with Gasteiger partial charge in [-0.1, -0.05) is 78.9 Å². The van der Waals surface area contributed by atoms with Gasteiger partial charge < -0.3 is 81.7 Å². The van der Waals surface area contributed by atoms with Gasteiger partial charge in [0.1, 0.15) is 0 Å². The van der Waals surface area contributed by atoms with Crippen molar-refractivity contribution in [2.45, 2.75) is 83.1 Å². The molecule has 81 heavy (non-hydrogen) atoms.